The molecule has 0 saturated carbocycles. The van der Waals surface area contributed by atoms with Crippen LogP contribution in [0, 0.1) is 0 Å². The van der Waals surface area contributed by atoms with E-state index in [-0.39, 0.29) is 5.69 Å². The first-order valence-corrected chi connectivity index (χ1v) is 4.90. The lowest BCUT2D eigenvalue weighted by atomic mass is 10.1. The molecule has 1 aromatic carbocycles. The van der Waals surface area contributed by atoms with E-state index in [9.17, 15) is 18.0 Å². The molecule has 0 aliphatic rings. The average Bonchev–Trinajstić information content (AvgIpc) is 2.20. The Morgan fingerprint density at radius 3 is 2.25 bits per heavy atom. The van der Waals surface area contributed by atoms with Crippen LogP contribution in [0.25, 0.3) is 0 Å². The van der Waals surface area contributed by atoms with Crippen LogP contribution in [0.15, 0.2) is 24.3 Å². The van der Waals surface area contributed by atoms with Gasteiger partial charge in [0, 0.05) is 5.69 Å². The first-order chi connectivity index (χ1) is 7.43. The van der Waals surface area contributed by atoms with Crippen molar-refractivity contribution >= 4 is 11.6 Å². The van der Waals surface area contributed by atoms with Crippen molar-refractivity contribution in [3.63, 3.8) is 0 Å². The second-order valence-corrected chi connectivity index (χ2v) is 3.40. The molecule has 0 unspecified atom stereocenters. The lowest BCUT2D eigenvalue weighted by Crippen LogP contribution is -2.29. The Hall–Kier alpha value is -1.52. The van der Waals surface area contributed by atoms with Crippen LogP contribution in [0.1, 0.15) is 18.9 Å². The van der Waals surface area contributed by atoms with E-state index in [4.69, 9.17) is 0 Å². The molecule has 0 saturated heterocycles. The molecule has 0 atom stereocenters. The maximum atomic E-state index is 11.9. The molecular weight excluding hydrogens is 219 g/mol. The molecule has 2 nitrogen and oxygen atoms in total. The summed E-state index contributed by atoms with van der Waals surface area (Å²) in [6.07, 6.45) is -3.01. The fraction of sp³-hybridized carbons (Fsp3) is 0.364. The summed E-state index contributed by atoms with van der Waals surface area (Å²) in [5, 5.41) is 1.79. The van der Waals surface area contributed by atoms with E-state index >= 15 is 0 Å². The predicted molar refractivity (Wildman–Crippen MR) is 55.1 cm³/mol. The zero-order valence-electron chi connectivity index (χ0n) is 8.77. The minimum Gasteiger partial charge on any atom is -0.318 e. The van der Waals surface area contributed by atoms with Gasteiger partial charge in [0.2, 0.25) is 0 Å². The predicted octanol–water partition coefficient (Wildman–Crippen LogP) is 3.14. The molecule has 88 valence electrons. The monoisotopic (exact) mass is 231 g/mol. The fourth-order valence-corrected chi connectivity index (χ4v) is 1.25. The number of benzene rings is 1. The van der Waals surface area contributed by atoms with Crippen molar-refractivity contribution in [3.05, 3.63) is 29.8 Å². The topological polar surface area (TPSA) is 29.1 Å². The van der Waals surface area contributed by atoms with E-state index in [2.05, 4.69) is 0 Å². The van der Waals surface area contributed by atoms with Crippen molar-refractivity contribution in [1.82, 2.24) is 0 Å². The highest BCUT2D eigenvalue weighted by Crippen LogP contribution is 2.18. The summed E-state index contributed by atoms with van der Waals surface area (Å²) in [6.45, 7) is 2.01. The Morgan fingerprint density at radius 2 is 1.81 bits per heavy atom. The zero-order chi connectivity index (χ0) is 12.2. The van der Waals surface area contributed by atoms with Gasteiger partial charge in [-0.15, -0.1) is 0 Å². The van der Waals surface area contributed by atoms with Gasteiger partial charge < -0.3 is 5.32 Å². The quantitative estimate of drug-likeness (QED) is 0.850. The molecule has 1 rings (SSSR count). The van der Waals surface area contributed by atoms with Crippen molar-refractivity contribution in [2.75, 3.05) is 5.32 Å². The van der Waals surface area contributed by atoms with Crippen molar-refractivity contribution in [3.8, 4) is 0 Å². The Labute approximate surface area is 91.5 Å². The molecule has 1 aromatic rings. The Kier molecular flexibility index (Phi) is 3.93. The summed E-state index contributed by atoms with van der Waals surface area (Å²) in [5.41, 5.74) is 1.19. The molecule has 5 heteroatoms. The molecule has 0 aromatic heterocycles. The lowest BCUT2D eigenvalue weighted by molar-refractivity contribution is -0.167. The minimum atomic E-state index is -4.85. The summed E-state index contributed by atoms with van der Waals surface area (Å²) in [5.74, 6) is -1.95. The molecule has 0 aliphatic heterocycles. The molecule has 0 heterocycles. The van der Waals surface area contributed by atoms with Gasteiger partial charge >= 0.3 is 12.1 Å². The van der Waals surface area contributed by atoms with E-state index in [0.29, 0.717) is 0 Å². The molecule has 1 N–H and O–H groups in total. The smallest absolute Gasteiger partial charge is 0.318 e. The summed E-state index contributed by atoms with van der Waals surface area (Å²) in [6, 6.07) is 6.34. The van der Waals surface area contributed by atoms with Crippen LogP contribution >= 0.6 is 0 Å². The second kappa shape index (κ2) is 5.01. The van der Waals surface area contributed by atoms with Crippen molar-refractivity contribution in [2.45, 2.75) is 25.9 Å². The van der Waals surface area contributed by atoms with E-state index in [1.165, 1.54) is 12.1 Å². The van der Waals surface area contributed by atoms with Gasteiger partial charge in [-0.3, -0.25) is 4.79 Å². The highest BCUT2D eigenvalue weighted by atomic mass is 19.4. The Morgan fingerprint density at radius 1 is 1.25 bits per heavy atom. The van der Waals surface area contributed by atoms with Gasteiger partial charge in [0.05, 0.1) is 0 Å². The lowest BCUT2D eigenvalue weighted by Gasteiger charge is -2.08. The summed E-state index contributed by atoms with van der Waals surface area (Å²) < 4.78 is 35.8. The highest BCUT2D eigenvalue weighted by Gasteiger charge is 2.38. The molecular formula is C11H12F3NO. The molecule has 0 aliphatic carbocycles. The number of rotatable bonds is 3. The largest absolute Gasteiger partial charge is 0.471 e. The van der Waals surface area contributed by atoms with Crippen molar-refractivity contribution in [2.24, 2.45) is 0 Å². The molecule has 0 fully saturated rings. The number of aryl methyl sites for hydroxylation is 1. The van der Waals surface area contributed by atoms with Crippen molar-refractivity contribution < 1.29 is 18.0 Å². The van der Waals surface area contributed by atoms with Crippen LogP contribution in [0.5, 0.6) is 0 Å². The number of amides is 1. The number of carbonyl (C=O) groups excluding carboxylic acids is 1. The number of hydrogen-bond acceptors (Lipinski definition) is 1. The van der Waals surface area contributed by atoms with Gasteiger partial charge in [-0.2, -0.15) is 13.2 Å². The van der Waals surface area contributed by atoms with Gasteiger partial charge in [0.1, 0.15) is 0 Å². The number of nitrogens with one attached hydrogen (secondary N) is 1. The standard InChI is InChI=1S/C11H12F3NO/c1-2-3-8-4-6-9(7-5-8)15-10(16)11(12,13)14/h4-7H,2-3H2,1H3,(H,15,16). The number of halogens is 3. The van der Waals surface area contributed by atoms with Gasteiger partial charge in [-0.05, 0) is 24.1 Å². The number of hydrogen-bond donors (Lipinski definition) is 1. The molecule has 1 amide bonds. The Balaban J connectivity index is 2.65. The van der Waals surface area contributed by atoms with Crippen LogP contribution in [0.2, 0.25) is 0 Å². The van der Waals surface area contributed by atoms with Crippen LogP contribution in [-0.4, -0.2) is 12.1 Å². The molecule has 0 spiro atoms. The van der Waals surface area contributed by atoms with Gasteiger partial charge in [0.25, 0.3) is 0 Å². The third-order valence-corrected chi connectivity index (χ3v) is 2.01. The van der Waals surface area contributed by atoms with E-state index in [1.807, 2.05) is 6.92 Å². The molecule has 0 radical (unpaired) electrons. The maximum Gasteiger partial charge on any atom is 0.471 e. The first kappa shape index (κ1) is 12.5. The second-order valence-electron chi connectivity index (χ2n) is 3.40. The highest BCUT2D eigenvalue weighted by molar-refractivity contribution is 5.94. The van der Waals surface area contributed by atoms with E-state index < -0.39 is 12.1 Å². The van der Waals surface area contributed by atoms with Crippen molar-refractivity contribution in [1.29, 1.82) is 0 Å². The molecule has 16 heavy (non-hydrogen) atoms. The van der Waals surface area contributed by atoms with Crippen LogP contribution in [0.4, 0.5) is 18.9 Å². The average molecular weight is 231 g/mol. The van der Waals surface area contributed by atoms with Gasteiger partial charge in [-0.25, -0.2) is 0 Å². The van der Waals surface area contributed by atoms with E-state index in [0.717, 1.165) is 18.4 Å². The van der Waals surface area contributed by atoms with E-state index in [1.54, 1.807) is 17.4 Å². The summed E-state index contributed by atoms with van der Waals surface area (Å²) >= 11 is 0. The summed E-state index contributed by atoms with van der Waals surface area (Å²) in [4.78, 5) is 10.6. The van der Waals surface area contributed by atoms with Crippen LogP contribution in [-0.2, 0) is 11.2 Å². The normalized spacial score (nSPS) is 11.2. The number of carbonyl (C=O) groups is 1. The maximum absolute atomic E-state index is 11.9. The van der Waals surface area contributed by atoms with Gasteiger partial charge in [-0.1, -0.05) is 25.5 Å². The number of alkyl halides is 3. The summed E-state index contributed by atoms with van der Waals surface area (Å²) in [7, 11) is 0. The van der Waals surface area contributed by atoms with Crippen LogP contribution < -0.4 is 5.32 Å². The SMILES string of the molecule is CCCc1ccc(NC(=O)C(F)(F)F)cc1. The fourth-order valence-electron chi connectivity index (χ4n) is 1.25. The van der Waals surface area contributed by atoms with Gasteiger partial charge in [0.15, 0.2) is 0 Å². The number of anilines is 1. The first-order valence-electron chi connectivity index (χ1n) is 4.90. The zero-order valence-corrected chi connectivity index (χ0v) is 8.77. The minimum absolute atomic E-state index is 0.155. The molecule has 0 bridgehead atoms. The Bertz CT molecular complexity index is 356. The van der Waals surface area contributed by atoms with Crippen LogP contribution in [0.3, 0.4) is 0 Å². The third-order valence-electron chi connectivity index (χ3n) is 2.01. The third kappa shape index (κ3) is 3.56.